The molecule has 0 fully saturated rings. The molecular formula is C20H18N2O2S2. The number of primary amides is 1. The largest absolute Gasteiger partial charge is 0.350 e. The monoisotopic (exact) mass is 382 g/mol. The fraction of sp³-hybridized carbons (Fsp3) is 0.150. The van der Waals surface area contributed by atoms with Gasteiger partial charge in [0.2, 0.25) is 0 Å². The molecule has 0 bridgehead atoms. The van der Waals surface area contributed by atoms with Crippen LogP contribution in [-0.4, -0.2) is 22.8 Å². The lowest BCUT2D eigenvalue weighted by molar-refractivity contribution is -0.0497. The standard InChI is InChI=1S/C20H18N2O2S2/c1-20(12-22(24)19(21)23,15-10-25-17-8-4-2-6-13(15)17)16-11-26-18-9-5-3-7-14(16)18/h2-11,24H,12H2,1H3,(H2,21,23). The molecule has 0 aliphatic carbocycles. The molecule has 132 valence electrons. The van der Waals surface area contributed by atoms with E-state index in [-0.39, 0.29) is 6.54 Å². The van der Waals surface area contributed by atoms with Gasteiger partial charge in [-0.3, -0.25) is 5.21 Å². The molecule has 2 heterocycles. The van der Waals surface area contributed by atoms with Crippen LogP contribution in [0.25, 0.3) is 20.2 Å². The molecule has 4 aromatic rings. The third-order valence-corrected chi connectivity index (χ3v) is 6.80. The predicted molar refractivity (Wildman–Crippen MR) is 108 cm³/mol. The second kappa shape index (κ2) is 6.39. The van der Waals surface area contributed by atoms with E-state index in [1.807, 2.05) is 24.3 Å². The highest BCUT2D eigenvalue weighted by atomic mass is 32.1. The van der Waals surface area contributed by atoms with Gasteiger partial charge in [-0.2, -0.15) is 0 Å². The Balaban J connectivity index is 1.97. The lowest BCUT2D eigenvalue weighted by Crippen LogP contribution is -2.43. The van der Waals surface area contributed by atoms with Gasteiger partial charge in [-0.25, -0.2) is 9.86 Å². The molecule has 0 atom stereocenters. The summed E-state index contributed by atoms with van der Waals surface area (Å²) in [4.78, 5) is 11.5. The van der Waals surface area contributed by atoms with Gasteiger partial charge in [0.1, 0.15) is 0 Å². The molecular weight excluding hydrogens is 364 g/mol. The Morgan fingerprint density at radius 2 is 1.46 bits per heavy atom. The van der Waals surface area contributed by atoms with E-state index in [0.717, 1.165) is 21.9 Å². The molecule has 3 N–H and O–H groups in total. The molecule has 0 aliphatic heterocycles. The molecule has 0 aliphatic rings. The number of fused-ring (bicyclic) bond motifs is 2. The maximum absolute atomic E-state index is 11.5. The van der Waals surface area contributed by atoms with Crippen molar-refractivity contribution in [2.45, 2.75) is 12.3 Å². The van der Waals surface area contributed by atoms with Gasteiger partial charge in [-0.1, -0.05) is 36.4 Å². The number of carbonyl (C=O) groups is 1. The summed E-state index contributed by atoms with van der Waals surface area (Å²) in [6, 6.07) is 15.5. The first-order chi connectivity index (χ1) is 12.5. The summed E-state index contributed by atoms with van der Waals surface area (Å²) in [6.07, 6.45) is 0. The van der Waals surface area contributed by atoms with Gasteiger partial charge in [0, 0.05) is 14.8 Å². The Bertz CT molecular complexity index is 1030. The van der Waals surface area contributed by atoms with Crippen LogP contribution in [0.3, 0.4) is 0 Å². The Morgan fingerprint density at radius 1 is 1.00 bits per heavy atom. The van der Waals surface area contributed by atoms with Crippen LogP contribution in [0.15, 0.2) is 59.3 Å². The zero-order valence-corrected chi connectivity index (χ0v) is 15.8. The molecule has 2 aromatic carbocycles. The maximum atomic E-state index is 11.5. The molecule has 4 rings (SSSR count). The molecule has 2 amide bonds. The highest BCUT2D eigenvalue weighted by molar-refractivity contribution is 7.17. The topological polar surface area (TPSA) is 66.6 Å². The van der Waals surface area contributed by atoms with Crippen LogP contribution in [0, 0.1) is 0 Å². The Kier molecular flexibility index (Phi) is 4.19. The number of amides is 2. The molecule has 4 nitrogen and oxygen atoms in total. The number of urea groups is 1. The quantitative estimate of drug-likeness (QED) is 0.377. The van der Waals surface area contributed by atoms with Crippen LogP contribution in [0.5, 0.6) is 0 Å². The van der Waals surface area contributed by atoms with Crippen molar-refractivity contribution in [2.24, 2.45) is 5.73 Å². The van der Waals surface area contributed by atoms with Crippen LogP contribution in [0.4, 0.5) is 4.79 Å². The van der Waals surface area contributed by atoms with Crippen molar-refractivity contribution in [3.8, 4) is 0 Å². The first-order valence-electron chi connectivity index (χ1n) is 8.20. The highest BCUT2D eigenvalue weighted by Crippen LogP contribution is 2.44. The zero-order chi connectivity index (χ0) is 18.3. The summed E-state index contributed by atoms with van der Waals surface area (Å²) >= 11 is 3.33. The van der Waals surface area contributed by atoms with Gasteiger partial charge in [0.25, 0.3) is 0 Å². The van der Waals surface area contributed by atoms with Crippen molar-refractivity contribution in [1.82, 2.24) is 5.06 Å². The Hall–Kier alpha value is -2.41. The molecule has 0 radical (unpaired) electrons. The van der Waals surface area contributed by atoms with E-state index in [4.69, 9.17) is 5.73 Å². The summed E-state index contributed by atoms with van der Waals surface area (Å²) < 4.78 is 2.36. The highest BCUT2D eigenvalue weighted by Gasteiger charge is 2.36. The minimum Gasteiger partial charge on any atom is -0.350 e. The third-order valence-electron chi connectivity index (χ3n) is 4.87. The van der Waals surface area contributed by atoms with Crippen molar-refractivity contribution < 1.29 is 10.0 Å². The van der Waals surface area contributed by atoms with E-state index in [9.17, 15) is 10.0 Å². The minimum absolute atomic E-state index is 0.0871. The number of benzene rings is 2. The van der Waals surface area contributed by atoms with Gasteiger partial charge in [0.15, 0.2) is 0 Å². The molecule has 26 heavy (non-hydrogen) atoms. The molecule has 0 spiro atoms. The number of nitrogens with two attached hydrogens (primary N) is 1. The first kappa shape index (κ1) is 17.0. The average Bonchev–Trinajstić information content (AvgIpc) is 3.26. The number of hydrogen-bond donors (Lipinski definition) is 2. The van der Waals surface area contributed by atoms with Crippen LogP contribution in [0.1, 0.15) is 18.1 Å². The number of hydroxylamine groups is 2. The normalized spacial score (nSPS) is 11.9. The van der Waals surface area contributed by atoms with E-state index in [2.05, 4.69) is 41.9 Å². The molecule has 0 saturated heterocycles. The maximum Gasteiger partial charge on any atom is 0.338 e. The molecule has 2 aromatic heterocycles. The third kappa shape index (κ3) is 2.67. The zero-order valence-electron chi connectivity index (χ0n) is 14.2. The van der Waals surface area contributed by atoms with Crippen molar-refractivity contribution in [3.05, 3.63) is 70.4 Å². The summed E-state index contributed by atoms with van der Waals surface area (Å²) in [7, 11) is 0. The number of nitrogens with zero attached hydrogens (tertiary/aromatic N) is 1. The number of carbonyl (C=O) groups excluding carboxylic acids is 1. The van der Waals surface area contributed by atoms with Gasteiger partial charge in [0.05, 0.1) is 6.54 Å². The van der Waals surface area contributed by atoms with Crippen LogP contribution < -0.4 is 5.73 Å². The van der Waals surface area contributed by atoms with E-state index < -0.39 is 11.4 Å². The van der Waals surface area contributed by atoms with Crippen LogP contribution in [-0.2, 0) is 5.41 Å². The second-order valence-electron chi connectivity index (χ2n) is 6.52. The van der Waals surface area contributed by atoms with E-state index in [1.165, 1.54) is 9.40 Å². The van der Waals surface area contributed by atoms with Gasteiger partial charge in [-0.15, -0.1) is 22.7 Å². The Morgan fingerprint density at radius 3 is 1.92 bits per heavy atom. The minimum atomic E-state index is -0.852. The van der Waals surface area contributed by atoms with E-state index >= 15 is 0 Å². The lowest BCUT2D eigenvalue weighted by atomic mass is 9.76. The lowest BCUT2D eigenvalue weighted by Gasteiger charge is -2.32. The smallest absolute Gasteiger partial charge is 0.338 e. The molecule has 0 unspecified atom stereocenters. The first-order valence-corrected chi connectivity index (χ1v) is 9.96. The SMILES string of the molecule is CC(CN(O)C(N)=O)(c1csc2ccccc12)c1csc2ccccc12. The van der Waals surface area contributed by atoms with Crippen LogP contribution >= 0.6 is 22.7 Å². The van der Waals surface area contributed by atoms with Crippen molar-refractivity contribution >= 4 is 48.9 Å². The molecule has 0 saturated carbocycles. The van der Waals surface area contributed by atoms with Gasteiger partial charge < -0.3 is 5.73 Å². The average molecular weight is 383 g/mol. The summed E-state index contributed by atoms with van der Waals surface area (Å²) in [5, 5.41) is 17.3. The number of hydrogen-bond acceptors (Lipinski definition) is 4. The molecule has 6 heteroatoms. The second-order valence-corrected chi connectivity index (χ2v) is 8.34. The summed E-state index contributed by atoms with van der Waals surface area (Å²) in [5.41, 5.74) is 6.89. The van der Waals surface area contributed by atoms with Gasteiger partial charge >= 0.3 is 6.03 Å². The van der Waals surface area contributed by atoms with E-state index in [0.29, 0.717) is 5.06 Å². The number of rotatable bonds is 4. The van der Waals surface area contributed by atoms with Crippen molar-refractivity contribution in [2.75, 3.05) is 6.54 Å². The van der Waals surface area contributed by atoms with Crippen LogP contribution in [0.2, 0.25) is 0 Å². The van der Waals surface area contributed by atoms with Crippen molar-refractivity contribution in [3.63, 3.8) is 0 Å². The van der Waals surface area contributed by atoms with Crippen molar-refractivity contribution in [1.29, 1.82) is 0 Å². The number of thiophene rings is 2. The fourth-order valence-corrected chi connectivity index (χ4v) is 5.69. The Labute approximate surface area is 159 Å². The predicted octanol–water partition coefficient (Wildman–Crippen LogP) is 5.19. The summed E-state index contributed by atoms with van der Waals surface area (Å²) in [6.45, 7) is 2.14. The summed E-state index contributed by atoms with van der Waals surface area (Å²) in [5.74, 6) is 0. The van der Waals surface area contributed by atoms with Gasteiger partial charge in [-0.05, 0) is 51.7 Å². The fourth-order valence-electron chi connectivity index (χ4n) is 3.50. The van der Waals surface area contributed by atoms with E-state index in [1.54, 1.807) is 22.7 Å².